The minimum absolute atomic E-state index is 0.0276. The first-order chi connectivity index (χ1) is 14.0. The van der Waals surface area contributed by atoms with Gasteiger partial charge in [0.2, 0.25) is 0 Å². The lowest BCUT2D eigenvalue weighted by atomic mass is 9.75. The highest BCUT2D eigenvalue weighted by molar-refractivity contribution is 9.10. The summed E-state index contributed by atoms with van der Waals surface area (Å²) < 4.78 is 11.6. The molecule has 0 saturated carbocycles. The predicted octanol–water partition coefficient (Wildman–Crippen LogP) is 3.28. The zero-order valence-electron chi connectivity index (χ0n) is 16.7. The number of benzene rings is 1. The number of methoxy groups -OCH3 is 1. The van der Waals surface area contributed by atoms with E-state index in [0.717, 1.165) is 39.8 Å². The molecule has 154 valence electrons. The number of hydrogen-bond acceptors (Lipinski definition) is 5. The van der Waals surface area contributed by atoms with Crippen molar-refractivity contribution in [2.75, 3.05) is 33.4 Å². The fraction of sp³-hybridized carbons (Fsp3) is 0.455. The summed E-state index contributed by atoms with van der Waals surface area (Å²) in [6, 6.07) is 5.79. The third-order valence-electron chi connectivity index (χ3n) is 5.81. The third kappa shape index (κ3) is 3.73. The second kappa shape index (κ2) is 8.32. The van der Waals surface area contributed by atoms with Crippen LogP contribution in [0.3, 0.4) is 0 Å². The van der Waals surface area contributed by atoms with Gasteiger partial charge < -0.3 is 19.7 Å². The molecule has 1 N–H and O–H groups in total. The molecule has 2 aliphatic heterocycles. The maximum atomic E-state index is 13.5. The van der Waals surface area contributed by atoms with Gasteiger partial charge in [0.15, 0.2) is 5.78 Å². The largest absolute Gasteiger partial charge is 0.496 e. The standard InChI is InChI=1S/C22H25BrN2O4/c1-13-19(22(27)25-8-10-29-11-9-25)20(14-6-7-18(28-2)15(23)12-14)21-16(24-13)4-3-5-17(21)26/h6-7,12,20,24H,3-5,8-11H2,1-2H3/t20-/m1/s1. The Morgan fingerprint density at radius 3 is 2.72 bits per heavy atom. The highest BCUT2D eigenvalue weighted by Crippen LogP contribution is 2.44. The Bertz CT molecular complexity index is 915. The molecule has 1 atom stereocenters. The van der Waals surface area contributed by atoms with E-state index >= 15 is 0 Å². The van der Waals surface area contributed by atoms with E-state index in [1.54, 1.807) is 7.11 Å². The van der Waals surface area contributed by atoms with Crippen LogP contribution in [0.1, 0.15) is 37.7 Å². The van der Waals surface area contributed by atoms with Gasteiger partial charge in [-0.2, -0.15) is 0 Å². The summed E-state index contributed by atoms with van der Waals surface area (Å²) in [4.78, 5) is 28.3. The topological polar surface area (TPSA) is 67.9 Å². The van der Waals surface area contributed by atoms with Crippen molar-refractivity contribution in [3.63, 3.8) is 0 Å². The monoisotopic (exact) mass is 460 g/mol. The van der Waals surface area contributed by atoms with Crippen molar-refractivity contribution in [1.82, 2.24) is 10.2 Å². The van der Waals surface area contributed by atoms with E-state index in [1.807, 2.05) is 30.0 Å². The zero-order valence-corrected chi connectivity index (χ0v) is 18.3. The van der Waals surface area contributed by atoms with Crippen molar-refractivity contribution in [3.8, 4) is 5.75 Å². The van der Waals surface area contributed by atoms with Gasteiger partial charge in [0.1, 0.15) is 5.75 Å². The molecule has 4 rings (SSSR count). The van der Waals surface area contributed by atoms with Gasteiger partial charge in [0.05, 0.1) is 24.8 Å². The van der Waals surface area contributed by atoms with Gasteiger partial charge in [-0.25, -0.2) is 0 Å². The van der Waals surface area contributed by atoms with Crippen molar-refractivity contribution < 1.29 is 19.1 Å². The van der Waals surface area contributed by atoms with Crippen LogP contribution in [0.2, 0.25) is 0 Å². The molecule has 1 saturated heterocycles. The summed E-state index contributed by atoms with van der Waals surface area (Å²) in [5.74, 6) is 0.431. The molecule has 0 aromatic heterocycles. The van der Waals surface area contributed by atoms with Gasteiger partial charge in [-0.3, -0.25) is 9.59 Å². The van der Waals surface area contributed by atoms with E-state index in [9.17, 15) is 9.59 Å². The lowest BCUT2D eigenvalue weighted by Crippen LogP contribution is -2.44. The lowest BCUT2D eigenvalue weighted by Gasteiger charge is -2.37. The number of nitrogens with zero attached hydrogens (tertiary/aromatic N) is 1. The van der Waals surface area contributed by atoms with Crippen LogP contribution in [0.25, 0.3) is 0 Å². The summed E-state index contributed by atoms with van der Waals surface area (Å²) in [6.07, 6.45) is 2.18. The maximum absolute atomic E-state index is 13.5. The summed E-state index contributed by atoms with van der Waals surface area (Å²) in [7, 11) is 1.62. The Kier molecular flexibility index (Phi) is 5.79. The fourth-order valence-corrected chi connectivity index (χ4v) is 4.96. The van der Waals surface area contributed by atoms with Crippen molar-refractivity contribution in [2.45, 2.75) is 32.1 Å². The molecule has 6 nitrogen and oxygen atoms in total. The van der Waals surface area contributed by atoms with Gasteiger partial charge in [-0.05, 0) is 53.4 Å². The Morgan fingerprint density at radius 2 is 2.03 bits per heavy atom. The molecule has 1 aromatic carbocycles. The molecule has 1 aliphatic carbocycles. The molecule has 1 aromatic rings. The van der Waals surface area contributed by atoms with E-state index < -0.39 is 0 Å². The molecule has 29 heavy (non-hydrogen) atoms. The molecular weight excluding hydrogens is 436 g/mol. The normalized spacial score (nSPS) is 22.4. The second-order valence-corrected chi connectivity index (χ2v) is 8.42. The lowest BCUT2D eigenvalue weighted by molar-refractivity contribution is -0.131. The van der Waals surface area contributed by atoms with Crippen LogP contribution in [-0.4, -0.2) is 50.0 Å². The van der Waals surface area contributed by atoms with E-state index in [4.69, 9.17) is 9.47 Å². The maximum Gasteiger partial charge on any atom is 0.252 e. The van der Waals surface area contributed by atoms with E-state index in [0.29, 0.717) is 44.0 Å². The first kappa shape index (κ1) is 20.2. The molecular formula is C22H25BrN2O4. The Morgan fingerprint density at radius 1 is 1.28 bits per heavy atom. The second-order valence-electron chi connectivity index (χ2n) is 7.56. The third-order valence-corrected chi connectivity index (χ3v) is 6.43. The molecule has 0 spiro atoms. The molecule has 7 heteroatoms. The fourth-order valence-electron chi connectivity index (χ4n) is 4.40. The van der Waals surface area contributed by atoms with Crippen LogP contribution in [-0.2, 0) is 14.3 Å². The molecule has 1 amide bonds. The van der Waals surface area contributed by atoms with E-state index in [-0.39, 0.29) is 17.6 Å². The van der Waals surface area contributed by atoms with E-state index in [1.165, 1.54) is 0 Å². The number of allylic oxidation sites excluding steroid dienone is 3. The van der Waals surface area contributed by atoms with Crippen molar-refractivity contribution in [3.05, 3.63) is 50.8 Å². The Balaban J connectivity index is 1.82. The molecule has 1 fully saturated rings. The highest BCUT2D eigenvalue weighted by atomic mass is 79.9. The molecule has 3 aliphatic rings. The number of rotatable bonds is 3. The number of morpholine rings is 1. The van der Waals surface area contributed by atoms with Crippen LogP contribution >= 0.6 is 15.9 Å². The summed E-state index contributed by atoms with van der Waals surface area (Å²) in [5, 5.41) is 3.38. The predicted molar refractivity (Wildman–Crippen MR) is 113 cm³/mol. The molecule has 0 radical (unpaired) electrons. The zero-order chi connectivity index (χ0) is 20.5. The number of ketones is 1. The SMILES string of the molecule is COc1ccc([C@@H]2C(C(=O)N3CCOCC3)=C(C)NC3=C2C(=O)CCC3)cc1Br. The number of nitrogens with one attached hydrogen (secondary N) is 1. The number of ether oxygens (including phenoxy) is 2. The van der Waals surface area contributed by atoms with Gasteiger partial charge in [-0.15, -0.1) is 0 Å². The first-order valence-electron chi connectivity index (χ1n) is 9.95. The summed E-state index contributed by atoms with van der Waals surface area (Å²) in [6.45, 7) is 4.14. The van der Waals surface area contributed by atoms with Crippen molar-refractivity contribution in [1.29, 1.82) is 0 Å². The summed E-state index contributed by atoms with van der Waals surface area (Å²) >= 11 is 3.56. The molecule has 0 bridgehead atoms. The van der Waals surface area contributed by atoms with Gasteiger partial charge >= 0.3 is 0 Å². The van der Waals surface area contributed by atoms with Crippen LogP contribution in [0, 0.1) is 0 Å². The highest BCUT2D eigenvalue weighted by Gasteiger charge is 2.40. The molecule has 2 heterocycles. The quantitative estimate of drug-likeness (QED) is 0.749. The Hall–Kier alpha value is -2.12. The van der Waals surface area contributed by atoms with E-state index in [2.05, 4.69) is 21.2 Å². The number of hydrogen-bond donors (Lipinski definition) is 1. The smallest absolute Gasteiger partial charge is 0.252 e. The minimum Gasteiger partial charge on any atom is -0.496 e. The van der Waals surface area contributed by atoms with Crippen LogP contribution in [0.5, 0.6) is 5.75 Å². The van der Waals surface area contributed by atoms with Crippen LogP contribution < -0.4 is 10.1 Å². The molecule has 0 unspecified atom stereocenters. The van der Waals surface area contributed by atoms with Crippen LogP contribution in [0.4, 0.5) is 0 Å². The average Bonchev–Trinajstić information content (AvgIpc) is 2.73. The minimum atomic E-state index is -0.378. The number of amides is 1. The number of dihydropyridines is 1. The first-order valence-corrected chi connectivity index (χ1v) is 10.7. The number of halogens is 1. The number of Topliss-reactive ketones (excluding diaryl/α,β-unsaturated/α-hetero) is 1. The van der Waals surface area contributed by atoms with Crippen molar-refractivity contribution >= 4 is 27.6 Å². The van der Waals surface area contributed by atoms with Gasteiger partial charge in [-0.1, -0.05) is 6.07 Å². The summed E-state index contributed by atoms with van der Waals surface area (Å²) in [5.41, 5.74) is 4.08. The van der Waals surface area contributed by atoms with Crippen molar-refractivity contribution in [2.24, 2.45) is 0 Å². The number of carbonyl (C=O) groups is 2. The number of carbonyl (C=O) groups excluding carboxylic acids is 2. The van der Waals surface area contributed by atoms with Crippen LogP contribution in [0.15, 0.2) is 45.2 Å². The average molecular weight is 461 g/mol. The Labute approximate surface area is 179 Å². The van der Waals surface area contributed by atoms with Gasteiger partial charge in [0.25, 0.3) is 5.91 Å². The van der Waals surface area contributed by atoms with Gasteiger partial charge in [0, 0.05) is 48.0 Å².